The minimum Gasteiger partial charge on any atom is -0.435 e. The van der Waals surface area contributed by atoms with E-state index in [0.717, 1.165) is 5.52 Å². The standard InChI is InChI=1S/C17H14F2N8O/c1-9-22-13-12(3-2-8-21-13)27(9)17-25-15(20)24-16(26-17)23-10-4-6-11(7-5-10)28-14(18)19/h2-8,14H,1H3,(H3,20,23,24,25,26). The van der Waals surface area contributed by atoms with Crippen molar-refractivity contribution in [2.45, 2.75) is 13.5 Å². The largest absolute Gasteiger partial charge is 0.435 e. The molecule has 142 valence electrons. The van der Waals surface area contributed by atoms with Crippen LogP contribution in [0.1, 0.15) is 5.82 Å². The van der Waals surface area contributed by atoms with Gasteiger partial charge in [0.1, 0.15) is 11.6 Å². The van der Waals surface area contributed by atoms with E-state index in [0.29, 0.717) is 17.2 Å². The number of fused-ring (bicyclic) bond motifs is 1. The number of hydrogen-bond acceptors (Lipinski definition) is 8. The van der Waals surface area contributed by atoms with Gasteiger partial charge in [0.15, 0.2) is 5.65 Å². The molecule has 0 spiro atoms. The summed E-state index contributed by atoms with van der Waals surface area (Å²) in [5.41, 5.74) is 7.68. The van der Waals surface area contributed by atoms with Gasteiger partial charge in [-0.05, 0) is 43.3 Å². The fourth-order valence-electron chi connectivity index (χ4n) is 2.66. The number of pyridine rings is 1. The summed E-state index contributed by atoms with van der Waals surface area (Å²) in [4.78, 5) is 21.2. The van der Waals surface area contributed by atoms with Gasteiger partial charge in [-0.2, -0.15) is 23.7 Å². The fourth-order valence-corrected chi connectivity index (χ4v) is 2.66. The van der Waals surface area contributed by atoms with Gasteiger partial charge in [0.05, 0.1) is 5.52 Å². The van der Waals surface area contributed by atoms with E-state index in [4.69, 9.17) is 5.73 Å². The zero-order valence-corrected chi connectivity index (χ0v) is 14.5. The topological polar surface area (TPSA) is 117 Å². The van der Waals surface area contributed by atoms with Gasteiger partial charge in [0.25, 0.3) is 0 Å². The van der Waals surface area contributed by atoms with Gasteiger partial charge in [-0.25, -0.2) is 9.97 Å². The zero-order valence-electron chi connectivity index (χ0n) is 14.5. The van der Waals surface area contributed by atoms with Crippen molar-refractivity contribution in [1.29, 1.82) is 0 Å². The van der Waals surface area contributed by atoms with Crippen molar-refractivity contribution in [2.24, 2.45) is 0 Å². The molecule has 3 aromatic heterocycles. The average molecular weight is 384 g/mol. The molecule has 4 rings (SSSR count). The molecular formula is C17H14F2N8O. The van der Waals surface area contributed by atoms with E-state index < -0.39 is 6.61 Å². The third-order valence-electron chi connectivity index (χ3n) is 3.77. The van der Waals surface area contributed by atoms with Crippen LogP contribution in [-0.4, -0.2) is 36.1 Å². The normalized spacial score (nSPS) is 11.1. The molecule has 0 unspecified atom stereocenters. The Bertz CT molecular complexity index is 1130. The minimum absolute atomic E-state index is 0.00953. The number of nitrogens with zero attached hydrogens (tertiary/aromatic N) is 6. The lowest BCUT2D eigenvalue weighted by Gasteiger charge is -2.10. The molecule has 0 radical (unpaired) electrons. The summed E-state index contributed by atoms with van der Waals surface area (Å²) in [6.45, 7) is -1.08. The predicted molar refractivity (Wildman–Crippen MR) is 97.8 cm³/mol. The van der Waals surface area contributed by atoms with E-state index in [-0.39, 0.29) is 23.6 Å². The van der Waals surface area contributed by atoms with Gasteiger partial charge in [-0.1, -0.05) is 0 Å². The van der Waals surface area contributed by atoms with E-state index in [1.807, 2.05) is 6.07 Å². The van der Waals surface area contributed by atoms with Crippen LogP contribution in [0.2, 0.25) is 0 Å². The van der Waals surface area contributed by atoms with Gasteiger partial charge in [-0.15, -0.1) is 0 Å². The van der Waals surface area contributed by atoms with Crippen molar-refractivity contribution < 1.29 is 13.5 Å². The fraction of sp³-hybridized carbons (Fsp3) is 0.118. The highest BCUT2D eigenvalue weighted by Gasteiger charge is 2.14. The lowest BCUT2D eigenvalue weighted by Crippen LogP contribution is -2.10. The second-order valence-electron chi connectivity index (χ2n) is 5.69. The van der Waals surface area contributed by atoms with Crippen molar-refractivity contribution in [2.75, 3.05) is 11.1 Å². The molecule has 3 heterocycles. The smallest absolute Gasteiger partial charge is 0.387 e. The summed E-state index contributed by atoms with van der Waals surface area (Å²) < 4.78 is 30.5. The van der Waals surface area contributed by atoms with Crippen molar-refractivity contribution in [3.63, 3.8) is 0 Å². The zero-order chi connectivity index (χ0) is 19.7. The van der Waals surface area contributed by atoms with E-state index in [1.165, 1.54) is 12.1 Å². The highest BCUT2D eigenvalue weighted by molar-refractivity contribution is 5.73. The van der Waals surface area contributed by atoms with Crippen LogP contribution in [0.4, 0.5) is 26.4 Å². The average Bonchev–Trinajstić information content (AvgIpc) is 2.98. The summed E-state index contributed by atoms with van der Waals surface area (Å²) in [6.07, 6.45) is 1.65. The van der Waals surface area contributed by atoms with Crippen LogP contribution < -0.4 is 15.8 Å². The van der Waals surface area contributed by atoms with Gasteiger partial charge in [0, 0.05) is 11.9 Å². The first-order chi connectivity index (χ1) is 13.5. The maximum atomic E-state index is 12.2. The molecule has 0 fully saturated rings. The molecule has 0 saturated heterocycles. The number of nitrogen functional groups attached to an aromatic ring is 1. The first-order valence-corrected chi connectivity index (χ1v) is 8.13. The molecule has 28 heavy (non-hydrogen) atoms. The van der Waals surface area contributed by atoms with Crippen molar-refractivity contribution >= 4 is 28.7 Å². The monoisotopic (exact) mass is 384 g/mol. The minimum atomic E-state index is -2.88. The lowest BCUT2D eigenvalue weighted by molar-refractivity contribution is -0.0498. The molecule has 0 aliphatic heterocycles. The van der Waals surface area contributed by atoms with Crippen LogP contribution in [-0.2, 0) is 0 Å². The van der Waals surface area contributed by atoms with Gasteiger partial charge in [-0.3, -0.25) is 4.57 Å². The maximum Gasteiger partial charge on any atom is 0.387 e. The highest BCUT2D eigenvalue weighted by atomic mass is 19.3. The van der Waals surface area contributed by atoms with E-state index in [9.17, 15) is 8.78 Å². The van der Waals surface area contributed by atoms with Crippen molar-refractivity contribution in [1.82, 2.24) is 29.5 Å². The van der Waals surface area contributed by atoms with Gasteiger partial charge in [0.2, 0.25) is 17.8 Å². The molecule has 9 nitrogen and oxygen atoms in total. The molecule has 4 aromatic rings. The van der Waals surface area contributed by atoms with Crippen molar-refractivity contribution in [3.8, 4) is 11.7 Å². The number of hydrogen-bond donors (Lipinski definition) is 2. The van der Waals surface area contributed by atoms with E-state index in [2.05, 4.69) is 35.0 Å². The Hall–Kier alpha value is -3.89. The number of imidazole rings is 1. The van der Waals surface area contributed by atoms with E-state index in [1.54, 1.807) is 35.9 Å². The van der Waals surface area contributed by atoms with Crippen LogP contribution in [0.15, 0.2) is 42.6 Å². The Morgan fingerprint density at radius 3 is 2.61 bits per heavy atom. The molecule has 1 aromatic carbocycles. The number of nitrogens with one attached hydrogen (secondary N) is 1. The van der Waals surface area contributed by atoms with Crippen LogP contribution in [0.3, 0.4) is 0 Å². The van der Waals surface area contributed by atoms with Crippen LogP contribution >= 0.6 is 0 Å². The number of benzene rings is 1. The highest BCUT2D eigenvalue weighted by Crippen LogP contribution is 2.22. The Morgan fingerprint density at radius 1 is 1.07 bits per heavy atom. The third-order valence-corrected chi connectivity index (χ3v) is 3.77. The summed E-state index contributed by atoms with van der Waals surface area (Å²) in [5.74, 6) is 1.16. The Morgan fingerprint density at radius 2 is 1.86 bits per heavy atom. The Labute approximate surface area is 157 Å². The SMILES string of the molecule is Cc1nc2ncccc2n1-c1nc(N)nc(Nc2ccc(OC(F)F)cc2)n1. The summed E-state index contributed by atoms with van der Waals surface area (Å²) in [6, 6.07) is 9.54. The Kier molecular flexibility index (Phi) is 4.39. The second-order valence-corrected chi connectivity index (χ2v) is 5.69. The number of alkyl halides is 2. The second kappa shape index (κ2) is 7.02. The first kappa shape index (κ1) is 17.5. The molecule has 0 saturated carbocycles. The van der Waals surface area contributed by atoms with Gasteiger partial charge >= 0.3 is 6.61 Å². The molecule has 0 amide bonds. The van der Waals surface area contributed by atoms with Crippen LogP contribution in [0, 0.1) is 6.92 Å². The summed E-state index contributed by atoms with van der Waals surface area (Å²) in [7, 11) is 0. The molecule has 0 bridgehead atoms. The molecule has 0 aliphatic rings. The predicted octanol–water partition coefficient (Wildman–Crippen LogP) is 2.84. The molecular weight excluding hydrogens is 370 g/mol. The van der Waals surface area contributed by atoms with Gasteiger partial charge < -0.3 is 15.8 Å². The third kappa shape index (κ3) is 3.49. The number of nitrogens with two attached hydrogens (primary N) is 1. The number of rotatable bonds is 5. The summed E-state index contributed by atoms with van der Waals surface area (Å²) >= 11 is 0. The number of halogens is 2. The Balaban J connectivity index is 1.67. The molecule has 3 N–H and O–H groups in total. The first-order valence-electron chi connectivity index (χ1n) is 8.13. The molecule has 0 aliphatic carbocycles. The number of ether oxygens (including phenoxy) is 1. The van der Waals surface area contributed by atoms with Crippen LogP contribution in [0.5, 0.6) is 5.75 Å². The lowest BCUT2D eigenvalue weighted by atomic mass is 10.3. The quantitative estimate of drug-likeness (QED) is 0.539. The van der Waals surface area contributed by atoms with Crippen molar-refractivity contribution in [3.05, 3.63) is 48.4 Å². The number of aryl methyl sites for hydroxylation is 1. The number of anilines is 3. The maximum absolute atomic E-state index is 12.2. The summed E-state index contributed by atoms with van der Waals surface area (Å²) in [5, 5.41) is 2.96. The van der Waals surface area contributed by atoms with Crippen LogP contribution in [0.25, 0.3) is 17.1 Å². The molecule has 11 heteroatoms. The van der Waals surface area contributed by atoms with E-state index >= 15 is 0 Å². The number of aromatic nitrogens is 6. The molecule has 0 atom stereocenters.